The van der Waals surface area contributed by atoms with E-state index in [1.807, 2.05) is 12.1 Å². The Morgan fingerprint density at radius 3 is 2.73 bits per heavy atom. The van der Waals surface area contributed by atoms with Gasteiger partial charge in [0.25, 0.3) is 5.56 Å². The summed E-state index contributed by atoms with van der Waals surface area (Å²) in [6, 6.07) is 8.65. The third-order valence-electron chi connectivity index (χ3n) is 5.44. The van der Waals surface area contributed by atoms with E-state index in [2.05, 4.69) is 32.3 Å². The Labute approximate surface area is 153 Å². The predicted octanol–water partition coefficient (Wildman–Crippen LogP) is 2.34. The van der Waals surface area contributed by atoms with Crippen molar-refractivity contribution in [3.63, 3.8) is 0 Å². The average molecular weight is 354 g/mol. The molecule has 2 heterocycles. The number of aromatic nitrogens is 2. The summed E-state index contributed by atoms with van der Waals surface area (Å²) in [7, 11) is 1.69. The molecule has 1 aliphatic carbocycles. The first-order valence-corrected chi connectivity index (χ1v) is 9.45. The second kappa shape index (κ2) is 7.50. The van der Waals surface area contributed by atoms with Crippen LogP contribution in [-0.2, 0) is 19.4 Å². The van der Waals surface area contributed by atoms with E-state index in [0.29, 0.717) is 12.0 Å². The number of H-pyrrole nitrogens is 1. The molecule has 2 aromatic rings. The van der Waals surface area contributed by atoms with Crippen LogP contribution in [0.4, 0.5) is 5.95 Å². The van der Waals surface area contributed by atoms with Crippen LogP contribution in [0.5, 0.6) is 5.75 Å². The van der Waals surface area contributed by atoms with Crippen molar-refractivity contribution in [1.82, 2.24) is 14.9 Å². The molecule has 1 aromatic carbocycles. The lowest BCUT2D eigenvalue weighted by atomic mass is 10.0. The zero-order valence-electron chi connectivity index (χ0n) is 15.3. The molecular formula is C20H26N4O2. The van der Waals surface area contributed by atoms with E-state index in [1.165, 1.54) is 5.56 Å². The molecule has 0 amide bonds. The van der Waals surface area contributed by atoms with Crippen LogP contribution in [0.1, 0.15) is 36.1 Å². The summed E-state index contributed by atoms with van der Waals surface area (Å²) in [4.78, 5) is 22.1. The highest BCUT2D eigenvalue weighted by Crippen LogP contribution is 2.20. The fraction of sp³-hybridized carbons (Fsp3) is 0.500. The number of likely N-dealkylation sites (tertiary alicyclic amines) is 1. The van der Waals surface area contributed by atoms with Gasteiger partial charge in [0.05, 0.1) is 12.8 Å². The molecule has 138 valence electrons. The molecule has 1 aromatic heterocycles. The summed E-state index contributed by atoms with van der Waals surface area (Å²) in [5.41, 5.74) is 3.20. The van der Waals surface area contributed by atoms with Crippen LogP contribution in [0.15, 0.2) is 29.1 Å². The van der Waals surface area contributed by atoms with E-state index < -0.39 is 0 Å². The number of aromatic amines is 1. The Kier molecular flexibility index (Phi) is 4.93. The third kappa shape index (κ3) is 3.75. The first-order chi connectivity index (χ1) is 12.7. The number of anilines is 1. The highest BCUT2D eigenvalue weighted by atomic mass is 16.5. The molecule has 6 heteroatoms. The van der Waals surface area contributed by atoms with Gasteiger partial charge in [-0.2, -0.15) is 0 Å². The molecule has 6 nitrogen and oxygen atoms in total. The number of hydrogen-bond donors (Lipinski definition) is 2. The molecule has 1 saturated heterocycles. The maximum absolute atomic E-state index is 12.1. The van der Waals surface area contributed by atoms with E-state index in [-0.39, 0.29) is 5.56 Å². The van der Waals surface area contributed by atoms with E-state index in [0.717, 1.165) is 68.7 Å². The summed E-state index contributed by atoms with van der Waals surface area (Å²) >= 11 is 0. The summed E-state index contributed by atoms with van der Waals surface area (Å²) in [5, 5.41) is 3.44. The van der Waals surface area contributed by atoms with Gasteiger partial charge in [-0.25, -0.2) is 4.98 Å². The minimum atomic E-state index is 0.0342. The van der Waals surface area contributed by atoms with Crippen LogP contribution in [-0.4, -0.2) is 41.1 Å². The van der Waals surface area contributed by atoms with E-state index in [9.17, 15) is 4.79 Å². The first kappa shape index (κ1) is 17.1. The smallest absolute Gasteiger partial charge is 0.255 e. The summed E-state index contributed by atoms with van der Waals surface area (Å²) < 4.78 is 5.21. The highest BCUT2D eigenvalue weighted by molar-refractivity contribution is 5.33. The van der Waals surface area contributed by atoms with Crippen LogP contribution >= 0.6 is 0 Å². The second-order valence-corrected chi connectivity index (χ2v) is 7.24. The van der Waals surface area contributed by atoms with Crippen LogP contribution in [0.3, 0.4) is 0 Å². The molecule has 0 spiro atoms. The fourth-order valence-electron chi connectivity index (χ4n) is 3.93. The molecule has 0 saturated carbocycles. The number of nitrogens with zero attached hydrogens (tertiary/aromatic N) is 2. The maximum atomic E-state index is 12.1. The molecule has 0 atom stereocenters. The monoisotopic (exact) mass is 354 g/mol. The average Bonchev–Trinajstić information content (AvgIpc) is 3.13. The van der Waals surface area contributed by atoms with Gasteiger partial charge in [0.15, 0.2) is 0 Å². The Morgan fingerprint density at radius 2 is 2.00 bits per heavy atom. The van der Waals surface area contributed by atoms with Gasteiger partial charge in [0.1, 0.15) is 5.75 Å². The number of nitrogens with one attached hydrogen (secondary N) is 2. The first-order valence-electron chi connectivity index (χ1n) is 9.45. The number of fused-ring (bicyclic) bond motifs is 1. The Balaban J connectivity index is 1.31. The van der Waals surface area contributed by atoms with Crippen molar-refractivity contribution in [3.05, 3.63) is 51.4 Å². The number of methoxy groups -OCH3 is 1. The molecule has 0 bridgehead atoms. The Bertz CT molecular complexity index is 808. The topological polar surface area (TPSA) is 70.2 Å². The van der Waals surface area contributed by atoms with Gasteiger partial charge in [0, 0.05) is 31.2 Å². The molecular weight excluding hydrogens is 328 g/mol. The van der Waals surface area contributed by atoms with E-state index in [4.69, 9.17) is 4.74 Å². The van der Waals surface area contributed by atoms with Crippen molar-refractivity contribution in [2.24, 2.45) is 0 Å². The summed E-state index contributed by atoms with van der Waals surface area (Å²) in [6.45, 7) is 3.04. The van der Waals surface area contributed by atoms with Gasteiger partial charge in [-0.15, -0.1) is 0 Å². The zero-order valence-corrected chi connectivity index (χ0v) is 15.3. The molecule has 1 aliphatic heterocycles. The summed E-state index contributed by atoms with van der Waals surface area (Å²) in [6.07, 6.45) is 4.93. The lowest BCUT2D eigenvalue weighted by Crippen LogP contribution is -2.39. The molecule has 4 rings (SSSR count). The van der Waals surface area contributed by atoms with E-state index in [1.54, 1.807) is 7.11 Å². The molecule has 26 heavy (non-hydrogen) atoms. The Morgan fingerprint density at radius 1 is 1.23 bits per heavy atom. The number of hydrogen-bond acceptors (Lipinski definition) is 5. The van der Waals surface area contributed by atoms with Crippen LogP contribution in [0, 0.1) is 0 Å². The van der Waals surface area contributed by atoms with E-state index >= 15 is 0 Å². The number of piperidine rings is 1. The summed E-state index contributed by atoms with van der Waals surface area (Å²) in [5.74, 6) is 1.54. The van der Waals surface area contributed by atoms with Gasteiger partial charge in [-0.1, -0.05) is 12.1 Å². The number of rotatable bonds is 5. The number of ether oxygens (including phenoxy) is 1. The normalized spacial score (nSPS) is 17.9. The molecule has 0 radical (unpaired) electrons. The van der Waals surface area contributed by atoms with Crippen LogP contribution < -0.4 is 15.6 Å². The molecule has 2 N–H and O–H groups in total. The minimum Gasteiger partial charge on any atom is -0.497 e. The maximum Gasteiger partial charge on any atom is 0.255 e. The molecule has 1 fully saturated rings. The van der Waals surface area contributed by atoms with Gasteiger partial charge in [0.2, 0.25) is 5.95 Å². The van der Waals surface area contributed by atoms with Gasteiger partial charge < -0.3 is 10.1 Å². The number of aryl methyl sites for hydroxylation is 1. The standard InChI is InChI=1S/C20H26N4O2/c1-26-16-7-5-14(6-8-16)13-24-11-9-15(10-12-24)21-20-22-18-4-2-3-17(18)19(25)23-20/h5-8,15H,2-4,9-13H2,1H3,(H2,21,22,23,25). The van der Waals surface area contributed by atoms with Crippen molar-refractivity contribution in [1.29, 1.82) is 0 Å². The Hall–Kier alpha value is -2.34. The quantitative estimate of drug-likeness (QED) is 0.862. The van der Waals surface area contributed by atoms with Crippen molar-refractivity contribution in [3.8, 4) is 5.75 Å². The SMILES string of the molecule is COc1ccc(CN2CCC(Nc3nc4c(c(=O)[nH]3)CCC4)CC2)cc1. The third-order valence-corrected chi connectivity index (χ3v) is 5.44. The fourth-order valence-corrected chi connectivity index (χ4v) is 3.93. The van der Waals surface area contributed by atoms with Gasteiger partial charge in [-0.05, 0) is 49.8 Å². The largest absolute Gasteiger partial charge is 0.497 e. The predicted molar refractivity (Wildman–Crippen MR) is 102 cm³/mol. The van der Waals surface area contributed by atoms with Crippen molar-refractivity contribution in [2.45, 2.75) is 44.7 Å². The van der Waals surface area contributed by atoms with Crippen LogP contribution in [0.25, 0.3) is 0 Å². The van der Waals surface area contributed by atoms with Gasteiger partial charge >= 0.3 is 0 Å². The highest BCUT2D eigenvalue weighted by Gasteiger charge is 2.22. The van der Waals surface area contributed by atoms with Crippen molar-refractivity contribution >= 4 is 5.95 Å². The minimum absolute atomic E-state index is 0.0342. The zero-order chi connectivity index (χ0) is 17.9. The van der Waals surface area contributed by atoms with Gasteiger partial charge in [-0.3, -0.25) is 14.7 Å². The molecule has 0 unspecified atom stereocenters. The van der Waals surface area contributed by atoms with Crippen LogP contribution in [0.2, 0.25) is 0 Å². The van der Waals surface area contributed by atoms with Crippen molar-refractivity contribution in [2.75, 3.05) is 25.5 Å². The second-order valence-electron chi connectivity index (χ2n) is 7.24. The lowest BCUT2D eigenvalue weighted by molar-refractivity contribution is 0.211. The number of benzene rings is 1. The molecule has 2 aliphatic rings. The van der Waals surface area contributed by atoms with Crippen molar-refractivity contribution < 1.29 is 4.74 Å². The lowest BCUT2D eigenvalue weighted by Gasteiger charge is -2.32.